The standard InChI is InChI=1S/C16H22N4OS/c1-20(13-7-8-14-15(11-13)22-19-18-14)16(21)17-10-9-12-5-3-2-4-6-12/h7-8,11-12H,2-6,9-10H2,1H3,(H,17,21). The van der Waals surface area contributed by atoms with Crippen molar-refractivity contribution in [3.63, 3.8) is 0 Å². The number of benzene rings is 1. The van der Waals surface area contributed by atoms with Crippen LogP contribution in [0.2, 0.25) is 0 Å². The van der Waals surface area contributed by atoms with Gasteiger partial charge in [-0.05, 0) is 42.1 Å². The Labute approximate surface area is 134 Å². The van der Waals surface area contributed by atoms with Crippen molar-refractivity contribution in [1.82, 2.24) is 14.9 Å². The van der Waals surface area contributed by atoms with Gasteiger partial charge in [0.05, 0.1) is 4.70 Å². The molecule has 0 spiro atoms. The monoisotopic (exact) mass is 318 g/mol. The van der Waals surface area contributed by atoms with Crippen molar-refractivity contribution in [3.8, 4) is 0 Å². The zero-order chi connectivity index (χ0) is 15.4. The van der Waals surface area contributed by atoms with Gasteiger partial charge in [-0.3, -0.25) is 4.90 Å². The minimum Gasteiger partial charge on any atom is -0.338 e. The molecule has 6 heteroatoms. The topological polar surface area (TPSA) is 58.1 Å². The number of carbonyl (C=O) groups is 1. The Bertz CT molecular complexity index is 636. The maximum absolute atomic E-state index is 12.2. The van der Waals surface area contributed by atoms with Gasteiger partial charge in [0, 0.05) is 19.3 Å². The Morgan fingerprint density at radius 3 is 3.00 bits per heavy atom. The number of fused-ring (bicyclic) bond motifs is 1. The van der Waals surface area contributed by atoms with Crippen LogP contribution in [0.4, 0.5) is 10.5 Å². The molecule has 22 heavy (non-hydrogen) atoms. The number of urea groups is 1. The number of amides is 2. The van der Waals surface area contributed by atoms with E-state index in [4.69, 9.17) is 0 Å². The molecule has 1 heterocycles. The third-order valence-electron chi connectivity index (χ3n) is 4.48. The highest BCUT2D eigenvalue weighted by Crippen LogP contribution is 2.26. The summed E-state index contributed by atoms with van der Waals surface area (Å²) >= 11 is 1.35. The van der Waals surface area contributed by atoms with E-state index < -0.39 is 0 Å². The van der Waals surface area contributed by atoms with Gasteiger partial charge in [0.2, 0.25) is 0 Å². The van der Waals surface area contributed by atoms with Gasteiger partial charge < -0.3 is 5.32 Å². The van der Waals surface area contributed by atoms with Gasteiger partial charge in [-0.25, -0.2) is 4.79 Å². The molecule has 1 aliphatic carbocycles. The second-order valence-corrected chi connectivity index (χ2v) is 6.79. The van der Waals surface area contributed by atoms with Gasteiger partial charge >= 0.3 is 6.03 Å². The number of hydrogen-bond donors (Lipinski definition) is 1. The van der Waals surface area contributed by atoms with E-state index in [9.17, 15) is 4.79 Å². The second kappa shape index (κ2) is 7.05. The SMILES string of the molecule is CN(C(=O)NCCC1CCCCC1)c1ccc2nnsc2c1. The van der Waals surface area contributed by atoms with Crippen LogP contribution in [-0.2, 0) is 0 Å². The third kappa shape index (κ3) is 3.55. The van der Waals surface area contributed by atoms with Crippen molar-refractivity contribution in [2.75, 3.05) is 18.5 Å². The minimum atomic E-state index is -0.0485. The number of anilines is 1. The van der Waals surface area contributed by atoms with Crippen LogP contribution in [0.25, 0.3) is 10.2 Å². The summed E-state index contributed by atoms with van der Waals surface area (Å²) in [7, 11) is 1.80. The van der Waals surface area contributed by atoms with Gasteiger partial charge in [-0.15, -0.1) is 5.10 Å². The van der Waals surface area contributed by atoms with Crippen molar-refractivity contribution in [3.05, 3.63) is 18.2 Å². The van der Waals surface area contributed by atoms with Gasteiger partial charge in [-0.1, -0.05) is 36.6 Å². The van der Waals surface area contributed by atoms with Gasteiger partial charge in [0.15, 0.2) is 0 Å². The molecule has 1 fully saturated rings. The average Bonchev–Trinajstić information content (AvgIpc) is 3.02. The maximum atomic E-state index is 12.2. The van der Waals surface area contributed by atoms with E-state index in [2.05, 4.69) is 14.9 Å². The largest absolute Gasteiger partial charge is 0.338 e. The first-order valence-corrected chi connectivity index (χ1v) is 8.75. The molecule has 1 N–H and O–H groups in total. The highest BCUT2D eigenvalue weighted by atomic mass is 32.1. The summed E-state index contributed by atoms with van der Waals surface area (Å²) in [6, 6.07) is 5.72. The van der Waals surface area contributed by atoms with Crippen LogP contribution in [-0.4, -0.2) is 29.2 Å². The Morgan fingerprint density at radius 2 is 2.18 bits per heavy atom. The van der Waals surface area contributed by atoms with E-state index in [1.54, 1.807) is 11.9 Å². The second-order valence-electron chi connectivity index (χ2n) is 6.01. The van der Waals surface area contributed by atoms with Crippen molar-refractivity contribution in [2.45, 2.75) is 38.5 Å². The van der Waals surface area contributed by atoms with Crippen LogP contribution < -0.4 is 10.2 Å². The summed E-state index contributed by atoms with van der Waals surface area (Å²) in [4.78, 5) is 13.9. The fraction of sp³-hybridized carbons (Fsp3) is 0.562. The number of nitrogens with one attached hydrogen (secondary N) is 1. The maximum Gasteiger partial charge on any atom is 0.321 e. The number of rotatable bonds is 4. The molecule has 2 aromatic rings. The molecule has 5 nitrogen and oxygen atoms in total. The van der Waals surface area contributed by atoms with Crippen molar-refractivity contribution in [2.24, 2.45) is 5.92 Å². The summed E-state index contributed by atoms with van der Waals surface area (Å²) in [5.41, 5.74) is 1.74. The summed E-state index contributed by atoms with van der Waals surface area (Å²) < 4.78 is 4.92. The van der Waals surface area contributed by atoms with E-state index >= 15 is 0 Å². The molecule has 0 radical (unpaired) electrons. The highest BCUT2D eigenvalue weighted by molar-refractivity contribution is 7.12. The Kier molecular flexibility index (Phi) is 4.87. The Hall–Kier alpha value is -1.69. The molecular formula is C16H22N4OS. The van der Waals surface area contributed by atoms with E-state index in [-0.39, 0.29) is 6.03 Å². The predicted octanol–water partition coefficient (Wildman–Crippen LogP) is 3.81. The normalized spacial score (nSPS) is 15.9. The smallest absolute Gasteiger partial charge is 0.321 e. The molecule has 1 saturated carbocycles. The van der Waals surface area contributed by atoms with E-state index in [0.717, 1.165) is 34.8 Å². The molecule has 0 unspecified atom stereocenters. The molecular weight excluding hydrogens is 296 g/mol. The molecule has 0 atom stereocenters. The lowest BCUT2D eigenvalue weighted by molar-refractivity contribution is 0.245. The van der Waals surface area contributed by atoms with Crippen molar-refractivity contribution in [1.29, 1.82) is 0 Å². The molecule has 118 valence electrons. The fourth-order valence-corrected chi connectivity index (χ4v) is 3.66. The van der Waals surface area contributed by atoms with Crippen LogP contribution in [0.3, 0.4) is 0 Å². The molecule has 2 amide bonds. The molecule has 1 aliphatic rings. The third-order valence-corrected chi connectivity index (χ3v) is 5.16. The van der Waals surface area contributed by atoms with Crippen LogP contribution in [0, 0.1) is 5.92 Å². The van der Waals surface area contributed by atoms with Crippen LogP contribution >= 0.6 is 11.5 Å². The molecule has 0 saturated heterocycles. The fourth-order valence-electron chi connectivity index (χ4n) is 3.07. The predicted molar refractivity (Wildman–Crippen MR) is 90.4 cm³/mol. The van der Waals surface area contributed by atoms with Crippen molar-refractivity contribution < 1.29 is 4.79 Å². The first kappa shape index (κ1) is 15.2. The number of nitrogens with zero attached hydrogens (tertiary/aromatic N) is 3. The molecule has 1 aromatic carbocycles. The summed E-state index contributed by atoms with van der Waals surface area (Å²) in [5, 5.41) is 7.04. The first-order chi connectivity index (χ1) is 10.7. The summed E-state index contributed by atoms with van der Waals surface area (Å²) in [6.07, 6.45) is 7.81. The molecule has 0 bridgehead atoms. The summed E-state index contributed by atoms with van der Waals surface area (Å²) in [5.74, 6) is 0.791. The number of carbonyl (C=O) groups excluding carboxylic acids is 1. The first-order valence-electron chi connectivity index (χ1n) is 7.98. The lowest BCUT2D eigenvalue weighted by Gasteiger charge is -2.23. The number of hydrogen-bond acceptors (Lipinski definition) is 4. The van der Waals surface area contributed by atoms with Crippen molar-refractivity contribution >= 4 is 33.5 Å². The average molecular weight is 318 g/mol. The zero-order valence-corrected chi connectivity index (χ0v) is 13.7. The zero-order valence-electron chi connectivity index (χ0n) is 12.9. The van der Waals surface area contributed by atoms with E-state index in [1.807, 2.05) is 18.2 Å². The quantitative estimate of drug-likeness (QED) is 0.932. The lowest BCUT2D eigenvalue weighted by atomic mass is 9.87. The van der Waals surface area contributed by atoms with Crippen LogP contribution in [0.1, 0.15) is 38.5 Å². The Balaban J connectivity index is 1.52. The minimum absolute atomic E-state index is 0.0485. The van der Waals surface area contributed by atoms with Gasteiger partial charge in [0.25, 0.3) is 0 Å². The van der Waals surface area contributed by atoms with Crippen LogP contribution in [0.5, 0.6) is 0 Å². The Morgan fingerprint density at radius 1 is 1.36 bits per heavy atom. The summed E-state index contributed by atoms with van der Waals surface area (Å²) in [6.45, 7) is 0.762. The molecule has 1 aromatic heterocycles. The highest BCUT2D eigenvalue weighted by Gasteiger charge is 2.15. The number of aromatic nitrogens is 2. The lowest BCUT2D eigenvalue weighted by Crippen LogP contribution is -2.38. The molecule has 0 aliphatic heterocycles. The van der Waals surface area contributed by atoms with Gasteiger partial charge in [0.1, 0.15) is 5.52 Å². The van der Waals surface area contributed by atoms with E-state index in [1.165, 1.54) is 43.6 Å². The van der Waals surface area contributed by atoms with E-state index in [0.29, 0.717) is 0 Å². The van der Waals surface area contributed by atoms with Crippen LogP contribution in [0.15, 0.2) is 18.2 Å². The molecule has 3 rings (SSSR count). The van der Waals surface area contributed by atoms with Gasteiger partial charge in [-0.2, -0.15) is 0 Å².